The van der Waals surface area contributed by atoms with Crippen LogP contribution in [0.3, 0.4) is 0 Å². The van der Waals surface area contributed by atoms with Gasteiger partial charge in [-0.25, -0.2) is 4.79 Å². The molecule has 4 amide bonds. The number of halogens is 1. The third-order valence-corrected chi connectivity index (χ3v) is 5.13. The van der Waals surface area contributed by atoms with Crippen molar-refractivity contribution in [2.24, 2.45) is 0 Å². The summed E-state index contributed by atoms with van der Waals surface area (Å²) in [5.74, 6) is 0.104. The summed E-state index contributed by atoms with van der Waals surface area (Å²) in [6.45, 7) is 1.78. The van der Waals surface area contributed by atoms with Crippen molar-refractivity contribution in [3.8, 4) is 11.5 Å². The summed E-state index contributed by atoms with van der Waals surface area (Å²) in [5.41, 5.74) is 2.60. The largest absolute Gasteiger partial charge is 0.493 e. The molecule has 1 heterocycles. The Morgan fingerprint density at radius 2 is 1.93 bits per heavy atom. The highest BCUT2D eigenvalue weighted by Gasteiger charge is 2.30. The second-order valence-electron chi connectivity index (χ2n) is 6.59. The molecule has 3 rings (SSSR count). The normalized spacial score (nSPS) is 14.7. The van der Waals surface area contributed by atoms with Gasteiger partial charge < -0.3 is 20.1 Å². The molecule has 0 radical (unpaired) electrons. The van der Waals surface area contributed by atoms with Crippen LogP contribution in [-0.2, 0) is 9.59 Å². The number of methoxy groups -OCH3 is 1. The van der Waals surface area contributed by atoms with Gasteiger partial charge in [-0.1, -0.05) is 17.7 Å². The first kappa shape index (κ1) is 21.6. The van der Waals surface area contributed by atoms with E-state index >= 15 is 0 Å². The quantitative estimate of drug-likeness (QED) is 0.346. The van der Waals surface area contributed by atoms with Crippen LogP contribution in [0.1, 0.15) is 11.1 Å². The number of likely N-dealkylation sites (N-methyl/N-ethyl adjacent to an activating group) is 1. The monoisotopic (exact) mass is 521 g/mol. The van der Waals surface area contributed by atoms with Crippen molar-refractivity contribution in [1.82, 2.24) is 10.2 Å². The van der Waals surface area contributed by atoms with E-state index < -0.39 is 11.9 Å². The molecule has 0 atom stereocenters. The van der Waals surface area contributed by atoms with E-state index in [0.29, 0.717) is 26.3 Å². The SMILES string of the molecule is COc1cc(/C=C2/NC(=O)N(C)C2=O)cc(I)c1OCC(=O)Nc1ccc(C)cc1. The third-order valence-electron chi connectivity index (χ3n) is 4.33. The maximum atomic E-state index is 12.2. The number of nitrogens with zero attached hydrogens (tertiary/aromatic N) is 1. The molecule has 1 aliphatic heterocycles. The van der Waals surface area contributed by atoms with E-state index in [9.17, 15) is 14.4 Å². The van der Waals surface area contributed by atoms with Crippen molar-refractivity contribution in [3.05, 3.63) is 56.8 Å². The highest BCUT2D eigenvalue weighted by atomic mass is 127. The molecule has 9 heteroatoms. The number of nitrogens with one attached hydrogen (secondary N) is 2. The molecule has 0 aliphatic carbocycles. The van der Waals surface area contributed by atoms with Crippen LogP contribution in [0.15, 0.2) is 42.1 Å². The van der Waals surface area contributed by atoms with Gasteiger partial charge in [-0.15, -0.1) is 0 Å². The van der Waals surface area contributed by atoms with Crippen LogP contribution >= 0.6 is 22.6 Å². The number of aryl methyl sites for hydroxylation is 1. The molecule has 0 bridgehead atoms. The van der Waals surface area contributed by atoms with E-state index in [4.69, 9.17) is 9.47 Å². The lowest BCUT2D eigenvalue weighted by Gasteiger charge is -2.14. The Kier molecular flexibility index (Phi) is 6.60. The standard InChI is InChI=1S/C21H20IN3O5/c1-12-4-6-14(7-5-12)23-18(26)11-30-19-15(22)8-13(10-17(19)29-3)9-16-20(27)25(2)21(28)24-16/h4-10H,11H2,1-3H3,(H,23,26)(H,24,28)/b16-9+. The summed E-state index contributed by atoms with van der Waals surface area (Å²) in [5, 5.41) is 5.28. The number of amides is 4. The third kappa shape index (κ3) is 4.90. The molecule has 1 saturated heterocycles. The Morgan fingerprint density at radius 1 is 1.23 bits per heavy atom. The number of carbonyl (C=O) groups is 3. The lowest BCUT2D eigenvalue weighted by Crippen LogP contribution is -2.25. The molecule has 1 aliphatic rings. The van der Waals surface area contributed by atoms with Crippen LogP contribution in [0.2, 0.25) is 0 Å². The predicted molar refractivity (Wildman–Crippen MR) is 120 cm³/mol. The second-order valence-corrected chi connectivity index (χ2v) is 7.75. The maximum absolute atomic E-state index is 12.2. The highest BCUT2D eigenvalue weighted by molar-refractivity contribution is 14.1. The lowest BCUT2D eigenvalue weighted by molar-refractivity contribution is -0.122. The Balaban J connectivity index is 1.73. The number of anilines is 1. The van der Waals surface area contributed by atoms with E-state index in [0.717, 1.165) is 10.5 Å². The fourth-order valence-electron chi connectivity index (χ4n) is 2.72. The maximum Gasteiger partial charge on any atom is 0.328 e. The molecule has 156 valence electrons. The number of hydrogen-bond acceptors (Lipinski definition) is 5. The molecule has 0 aromatic heterocycles. The zero-order valence-corrected chi connectivity index (χ0v) is 18.8. The molecule has 1 fully saturated rings. The molecule has 2 aromatic rings. The minimum absolute atomic E-state index is 0.173. The van der Waals surface area contributed by atoms with Crippen LogP contribution in [-0.4, -0.2) is 43.5 Å². The number of ether oxygens (including phenoxy) is 2. The van der Waals surface area contributed by atoms with Gasteiger partial charge in [-0.2, -0.15) is 0 Å². The van der Waals surface area contributed by atoms with Gasteiger partial charge in [0.25, 0.3) is 11.8 Å². The zero-order valence-electron chi connectivity index (χ0n) is 16.6. The number of hydrogen-bond donors (Lipinski definition) is 2. The number of imide groups is 1. The molecule has 0 spiro atoms. The summed E-state index contributed by atoms with van der Waals surface area (Å²) < 4.78 is 11.8. The van der Waals surface area contributed by atoms with Crippen molar-refractivity contribution < 1.29 is 23.9 Å². The van der Waals surface area contributed by atoms with E-state index in [1.807, 2.05) is 31.2 Å². The van der Waals surface area contributed by atoms with Gasteiger partial charge in [0, 0.05) is 12.7 Å². The van der Waals surface area contributed by atoms with Gasteiger partial charge in [0.2, 0.25) is 0 Å². The molecule has 0 unspecified atom stereocenters. The number of rotatable bonds is 6. The average molecular weight is 521 g/mol. The molecule has 8 nitrogen and oxygen atoms in total. The first-order valence-electron chi connectivity index (χ1n) is 8.96. The van der Waals surface area contributed by atoms with Crippen molar-refractivity contribution in [3.63, 3.8) is 0 Å². The zero-order chi connectivity index (χ0) is 21.8. The highest BCUT2D eigenvalue weighted by Crippen LogP contribution is 2.34. The van der Waals surface area contributed by atoms with Gasteiger partial charge in [-0.05, 0) is 65.4 Å². The minimum Gasteiger partial charge on any atom is -0.493 e. The minimum atomic E-state index is -0.479. The van der Waals surface area contributed by atoms with Crippen LogP contribution in [0.4, 0.5) is 10.5 Å². The van der Waals surface area contributed by atoms with E-state index in [-0.39, 0.29) is 18.2 Å². The first-order chi connectivity index (χ1) is 14.3. The Hall–Kier alpha value is -3.08. The van der Waals surface area contributed by atoms with Gasteiger partial charge in [0.15, 0.2) is 18.1 Å². The van der Waals surface area contributed by atoms with E-state index in [1.54, 1.807) is 18.2 Å². The molecule has 2 N–H and O–H groups in total. The van der Waals surface area contributed by atoms with Crippen LogP contribution in [0, 0.1) is 10.5 Å². The van der Waals surface area contributed by atoms with Gasteiger partial charge >= 0.3 is 6.03 Å². The van der Waals surface area contributed by atoms with Crippen molar-refractivity contribution >= 4 is 52.2 Å². The van der Waals surface area contributed by atoms with Gasteiger partial charge in [-0.3, -0.25) is 14.5 Å². The second kappa shape index (κ2) is 9.16. The predicted octanol–water partition coefficient (Wildman–Crippen LogP) is 3.15. The van der Waals surface area contributed by atoms with Crippen molar-refractivity contribution in [2.75, 3.05) is 26.1 Å². The molecule has 2 aromatic carbocycles. The van der Waals surface area contributed by atoms with Crippen molar-refractivity contribution in [2.45, 2.75) is 6.92 Å². The topological polar surface area (TPSA) is 97.0 Å². The Labute approximate surface area is 187 Å². The van der Waals surface area contributed by atoms with Crippen molar-refractivity contribution in [1.29, 1.82) is 0 Å². The number of carbonyl (C=O) groups excluding carboxylic acids is 3. The lowest BCUT2D eigenvalue weighted by atomic mass is 10.1. The van der Waals surface area contributed by atoms with E-state index in [2.05, 4.69) is 33.2 Å². The van der Waals surface area contributed by atoms with E-state index in [1.165, 1.54) is 14.2 Å². The summed E-state index contributed by atoms with van der Waals surface area (Å²) in [6, 6.07) is 10.4. The molecular weight excluding hydrogens is 501 g/mol. The fourth-order valence-corrected chi connectivity index (χ4v) is 3.51. The number of urea groups is 1. The van der Waals surface area contributed by atoms with Crippen LogP contribution in [0.25, 0.3) is 6.08 Å². The van der Waals surface area contributed by atoms with Crippen LogP contribution < -0.4 is 20.1 Å². The fraction of sp³-hybridized carbons (Fsp3) is 0.190. The summed E-state index contributed by atoms with van der Waals surface area (Å²) in [4.78, 5) is 36.8. The smallest absolute Gasteiger partial charge is 0.328 e. The Bertz CT molecular complexity index is 1030. The summed E-state index contributed by atoms with van der Waals surface area (Å²) >= 11 is 2.06. The average Bonchev–Trinajstić information content (AvgIpc) is 2.95. The van der Waals surface area contributed by atoms with Gasteiger partial charge in [0.1, 0.15) is 5.70 Å². The Morgan fingerprint density at radius 3 is 2.53 bits per heavy atom. The summed E-state index contributed by atoms with van der Waals surface area (Å²) in [7, 11) is 2.89. The molecule has 0 saturated carbocycles. The first-order valence-corrected chi connectivity index (χ1v) is 10.0. The number of benzene rings is 2. The molecule has 30 heavy (non-hydrogen) atoms. The molecular formula is C21H20IN3O5. The summed E-state index contributed by atoms with van der Waals surface area (Å²) in [6.07, 6.45) is 1.56. The van der Waals surface area contributed by atoms with Crippen LogP contribution in [0.5, 0.6) is 11.5 Å². The van der Waals surface area contributed by atoms with Gasteiger partial charge in [0.05, 0.1) is 10.7 Å².